The molecule has 6 nitrogen and oxygen atoms in total. The van der Waals surface area contributed by atoms with Gasteiger partial charge in [0.1, 0.15) is 11.3 Å². The van der Waals surface area contributed by atoms with Gasteiger partial charge in [-0.1, -0.05) is 76.9 Å². The van der Waals surface area contributed by atoms with E-state index in [0.717, 1.165) is 81.0 Å². The molecule has 3 heterocycles. The summed E-state index contributed by atoms with van der Waals surface area (Å²) in [4.78, 5) is 25.8. The molecule has 2 aromatic heterocycles. The van der Waals surface area contributed by atoms with Crippen molar-refractivity contribution in [2.45, 2.75) is 65.5 Å². The molecule has 0 amide bonds. The topological polar surface area (TPSA) is 57.2 Å². The molecule has 1 N–H and O–H groups in total. The molecule has 1 saturated heterocycles. The number of hydrogen-bond acceptors (Lipinski definition) is 4. The van der Waals surface area contributed by atoms with E-state index >= 15 is 0 Å². The first-order chi connectivity index (χ1) is 18.3. The molecule has 2 aromatic carbocycles. The lowest BCUT2D eigenvalue weighted by atomic mass is 9.87. The summed E-state index contributed by atoms with van der Waals surface area (Å²) in [5.74, 6) is 0.917. The molecular formula is C32H41N5O. The molecule has 0 radical (unpaired) electrons. The maximum atomic E-state index is 12.2. The molecule has 200 valence electrons. The highest BCUT2D eigenvalue weighted by atomic mass is 16.1. The summed E-state index contributed by atoms with van der Waals surface area (Å²) >= 11 is 0. The van der Waals surface area contributed by atoms with Gasteiger partial charge < -0.3 is 14.5 Å². The van der Waals surface area contributed by atoms with Crippen LogP contribution in [0.1, 0.15) is 58.1 Å². The summed E-state index contributed by atoms with van der Waals surface area (Å²) in [6, 6.07) is 18.9. The van der Waals surface area contributed by atoms with Gasteiger partial charge in [0.05, 0.1) is 11.2 Å². The fraction of sp³-hybridized carbons (Fsp3) is 0.438. The van der Waals surface area contributed by atoms with E-state index in [2.05, 4.69) is 91.1 Å². The number of nitrogens with one attached hydrogen (secondary N) is 1. The number of pyridine rings is 1. The van der Waals surface area contributed by atoms with E-state index in [0.29, 0.717) is 0 Å². The fourth-order valence-electron chi connectivity index (χ4n) is 5.32. The molecule has 0 aliphatic carbocycles. The third kappa shape index (κ3) is 5.86. The average molecular weight is 512 g/mol. The van der Waals surface area contributed by atoms with Gasteiger partial charge in [0.25, 0.3) is 5.56 Å². The Bertz CT molecular complexity index is 1420. The Morgan fingerprint density at radius 1 is 0.921 bits per heavy atom. The highest BCUT2D eigenvalue weighted by molar-refractivity contribution is 5.91. The van der Waals surface area contributed by atoms with Crippen molar-refractivity contribution >= 4 is 16.7 Å². The highest BCUT2D eigenvalue weighted by Crippen LogP contribution is 2.30. The van der Waals surface area contributed by atoms with Gasteiger partial charge in [-0.3, -0.25) is 9.69 Å². The summed E-state index contributed by atoms with van der Waals surface area (Å²) < 4.78 is 1.88. The van der Waals surface area contributed by atoms with Crippen LogP contribution in [0.2, 0.25) is 0 Å². The number of anilines is 1. The fourth-order valence-corrected chi connectivity index (χ4v) is 5.32. The van der Waals surface area contributed by atoms with Crippen molar-refractivity contribution in [1.29, 1.82) is 0 Å². The lowest BCUT2D eigenvalue weighted by molar-refractivity contribution is 0.249. The van der Waals surface area contributed by atoms with E-state index in [4.69, 9.17) is 4.98 Å². The number of aromatic nitrogens is 3. The second-order valence-corrected chi connectivity index (χ2v) is 11.6. The van der Waals surface area contributed by atoms with Crippen LogP contribution in [0, 0.1) is 0 Å². The molecule has 38 heavy (non-hydrogen) atoms. The molecule has 0 spiro atoms. The van der Waals surface area contributed by atoms with E-state index in [1.807, 2.05) is 10.6 Å². The van der Waals surface area contributed by atoms with Gasteiger partial charge in [-0.25, -0.2) is 4.98 Å². The second-order valence-electron chi connectivity index (χ2n) is 11.6. The minimum absolute atomic E-state index is 0.103. The van der Waals surface area contributed by atoms with Crippen LogP contribution in [-0.2, 0) is 18.5 Å². The number of hydrogen-bond donors (Lipinski definition) is 1. The quantitative estimate of drug-likeness (QED) is 0.286. The number of rotatable bonds is 8. The number of aryl methyl sites for hydroxylation is 1. The normalized spacial score (nSPS) is 14.9. The summed E-state index contributed by atoms with van der Waals surface area (Å²) in [5.41, 5.74) is 7.20. The van der Waals surface area contributed by atoms with Gasteiger partial charge in [0.2, 0.25) is 0 Å². The van der Waals surface area contributed by atoms with E-state index < -0.39 is 0 Å². The van der Waals surface area contributed by atoms with Crippen LogP contribution < -0.4 is 10.5 Å². The predicted molar refractivity (Wildman–Crippen MR) is 158 cm³/mol. The zero-order chi connectivity index (χ0) is 26.7. The lowest BCUT2D eigenvalue weighted by Gasteiger charge is -2.36. The van der Waals surface area contributed by atoms with Crippen molar-refractivity contribution in [3.05, 3.63) is 82.3 Å². The Kier molecular flexibility index (Phi) is 7.70. The lowest BCUT2D eigenvalue weighted by Crippen LogP contribution is -2.46. The van der Waals surface area contributed by atoms with Crippen LogP contribution in [0.25, 0.3) is 22.4 Å². The van der Waals surface area contributed by atoms with Gasteiger partial charge >= 0.3 is 0 Å². The van der Waals surface area contributed by atoms with Gasteiger partial charge in [-0.05, 0) is 35.1 Å². The van der Waals surface area contributed by atoms with E-state index in [1.54, 1.807) is 6.07 Å². The number of benzene rings is 2. The van der Waals surface area contributed by atoms with Crippen molar-refractivity contribution in [2.24, 2.45) is 0 Å². The van der Waals surface area contributed by atoms with Gasteiger partial charge in [-0.2, -0.15) is 0 Å². The van der Waals surface area contributed by atoms with Crippen molar-refractivity contribution < 1.29 is 0 Å². The Hall–Kier alpha value is -3.38. The monoisotopic (exact) mass is 511 g/mol. The average Bonchev–Trinajstić information content (AvgIpc) is 3.35. The summed E-state index contributed by atoms with van der Waals surface area (Å²) in [5, 5.41) is 0. The number of para-hydroxylation sites is 1. The van der Waals surface area contributed by atoms with Crippen LogP contribution in [-0.4, -0.2) is 45.6 Å². The molecule has 1 aliphatic heterocycles. The molecule has 6 heteroatoms. The zero-order valence-electron chi connectivity index (χ0n) is 23.3. The number of H-pyrrole nitrogens is 1. The Labute approximate surface area is 226 Å². The maximum absolute atomic E-state index is 12.2. The summed E-state index contributed by atoms with van der Waals surface area (Å²) in [7, 11) is 0. The SMILES string of the molecule is CCCCCn1cc(CN2CCN(c3cccc4[nH]c(-c5ccc(C(C)(C)C)cc5)nc34)CC2)ccc1=O. The first-order valence-corrected chi connectivity index (χ1v) is 14.1. The largest absolute Gasteiger partial charge is 0.367 e. The van der Waals surface area contributed by atoms with Gasteiger partial charge in [0.15, 0.2) is 0 Å². The molecule has 0 saturated carbocycles. The van der Waals surface area contributed by atoms with E-state index in [9.17, 15) is 4.79 Å². The number of nitrogens with zero attached hydrogens (tertiary/aromatic N) is 4. The Morgan fingerprint density at radius 3 is 2.39 bits per heavy atom. The minimum Gasteiger partial charge on any atom is -0.367 e. The van der Waals surface area contributed by atoms with Crippen LogP contribution >= 0.6 is 0 Å². The minimum atomic E-state index is 0.103. The first-order valence-electron chi connectivity index (χ1n) is 14.1. The van der Waals surface area contributed by atoms with Crippen molar-refractivity contribution in [3.63, 3.8) is 0 Å². The predicted octanol–water partition coefficient (Wildman–Crippen LogP) is 6.20. The van der Waals surface area contributed by atoms with Gasteiger partial charge in [0, 0.05) is 57.1 Å². The molecule has 0 bridgehead atoms. The number of fused-ring (bicyclic) bond motifs is 1. The van der Waals surface area contributed by atoms with Crippen LogP contribution in [0.5, 0.6) is 0 Å². The molecule has 4 aromatic rings. The maximum Gasteiger partial charge on any atom is 0.250 e. The molecule has 1 fully saturated rings. The number of aromatic amines is 1. The van der Waals surface area contributed by atoms with Crippen LogP contribution in [0.15, 0.2) is 65.6 Å². The number of unbranched alkanes of at least 4 members (excludes halogenated alkanes) is 2. The molecule has 5 rings (SSSR count). The van der Waals surface area contributed by atoms with Crippen molar-refractivity contribution in [3.8, 4) is 11.4 Å². The molecular weight excluding hydrogens is 470 g/mol. The van der Waals surface area contributed by atoms with E-state index in [-0.39, 0.29) is 11.0 Å². The Balaban J connectivity index is 1.26. The van der Waals surface area contributed by atoms with Crippen molar-refractivity contribution in [2.75, 3.05) is 31.1 Å². The number of piperazine rings is 1. The number of imidazole rings is 1. The third-order valence-electron chi connectivity index (χ3n) is 7.68. The second kappa shape index (κ2) is 11.2. The Morgan fingerprint density at radius 2 is 1.68 bits per heavy atom. The summed E-state index contributed by atoms with van der Waals surface area (Å²) in [6.07, 6.45) is 5.44. The summed E-state index contributed by atoms with van der Waals surface area (Å²) in [6.45, 7) is 14.5. The molecule has 0 atom stereocenters. The molecule has 0 unspecified atom stereocenters. The van der Waals surface area contributed by atoms with Crippen LogP contribution in [0.4, 0.5) is 5.69 Å². The smallest absolute Gasteiger partial charge is 0.250 e. The third-order valence-corrected chi connectivity index (χ3v) is 7.68. The molecule has 1 aliphatic rings. The zero-order valence-corrected chi connectivity index (χ0v) is 23.3. The van der Waals surface area contributed by atoms with E-state index in [1.165, 1.54) is 16.8 Å². The standard InChI is InChI=1S/C32H41N5O/c1-5-6-7-17-37-23-24(11-16-29(37)38)22-35-18-20-36(21-19-35)28-10-8-9-27-30(28)34-31(33-27)25-12-14-26(15-13-25)32(2,3)4/h8-16,23H,5-7,17-22H2,1-4H3,(H,33,34). The highest BCUT2D eigenvalue weighted by Gasteiger charge is 2.21. The van der Waals surface area contributed by atoms with Crippen LogP contribution in [0.3, 0.4) is 0 Å². The first kappa shape index (κ1) is 26.2. The van der Waals surface area contributed by atoms with Crippen molar-refractivity contribution in [1.82, 2.24) is 19.4 Å². The van der Waals surface area contributed by atoms with Gasteiger partial charge in [-0.15, -0.1) is 0 Å².